The van der Waals surface area contributed by atoms with E-state index in [4.69, 9.17) is 11.6 Å². The predicted octanol–water partition coefficient (Wildman–Crippen LogP) is 5.05. The summed E-state index contributed by atoms with van der Waals surface area (Å²) in [7, 11) is 0. The number of hydrogen-bond acceptors (Lipinski definition) is 0. The van der Waals surface area contributed by atoms with Gasteiger partial charge in [-0.15, -0.1) is 0 Å². The van der Waals surface area contributed by atoms with Crippen molar-refractivity contribution in [3.05, 3.63) is 34.3 Å². The molecule has 1 rings (SSSR count). The van der Waals surface area contributed by atoms with Gasteiger partial charge in [-0.2, -0.15) is 0 Å². The SMILES string of the molecule is CC(C)c1ccc(CC(C)(C)C)c(Cl)c1. The zero-order chi connectivity index (χ0) is 11.6. The van der Waals surface area contributed by atoms with E-state index in [1.54, 1.807) is 0 Å². The van der Waals surface area contributed by atoms with Crippen LogP contribution >= 0.6 is 11.6 Å². The second-order valence-electron chi connectivity index (χ2n) is 5.74. The molecule has 0 aromatic heterocycles. The fourth-order valence-electron chi connectivity index (χ4n) is 1.64. The monoisotopic (exact) mass is 224 g/mol. The fraction of sp³-hybridized carbons (Fsp3) is 0.571. The molecular formula is C14H21Cl. The molecule has 0 bridgehead atoms. The Balaban J connectivity index is 2.94. The Morgan fingerprint density at radius 3 is 2.20 bits per heavy atom. The van der Waals surface area contributed by atoms with Crippen molar-refractivity contribution in [2.45, 2.75) is 47.0 Å². The Labute approximate surface area is 98.7 Å². The maximum atomic E-state index is 6.28. The molecule has 0 nitrogen and oxygen atoms in total. The first kappa shape index (κ1) is 12.6. The van der Waals surface area contributed by atoms with Crippen LogP contribution in [0, 0.1) is 5.41 Å². The number of rotatable bonds is 2. The predicted molar refractivity (Wildman–Crippen MR) is 68.7 cm³/mol. The van der Waals surface area contributed by atoms with Crippen LogP contribution in [0.5, 0.6) is 0 Å². The zero-order valence-electron chi connectivity index (χ0n) is 10.4. The van der Waals surface area contributed by atoms with Crippen molar-refractivity contribution in [2.24, 2.45) is 5.41 Å². The Morgan fingerprint density at radius 2 is 1.80 bits per heavy atom. The lowest BCUT2D eigenvalue weighted by atomic mass is 9.87. The summed E-state index contributed by atoms with van der Waals surface area (Å²) in [5.41, 5.74) is 2.87. The van der Waals surface area contributed by atoms with E-state index in [0.29, 0.717) is 11.3 Å². The van der Waals surface area contributed by atoms with Crippen molar-refractivity contribution in [3.63, 3.8) is 0 Å². The van der Waals surface area contributed by atoms with Crippen molar-refractivity contribution in [1.29, 1.82) is 0 Å². The molecule has 0 spiro atoms. The van der Waals surface area contributed by atoms with E-state index in [0.717, 1.165) is 11.4 Å². The van der Waals surface area contributed by atoms with Crippen molar-refractivity contribution in [1.82, 2.24) is 0 Å². The van der Waals surface area contributed by atoms with E-state index >= 15 is 0 Å². The van der Waals surface area contributed by atoms with E-state index in [1.165, 1.54) is 11.1 Å². The highest BCUT2D eigenvalue weighted by molar-refractivity contribution is 6.31. The standard InChI is InChI=1S/C14H21Cl/c1-10(2)11-6-7-12(13(15)8-11)9-14(3,4)5/h6-8,10H,9H2,1-5H3. The number of benzene rings is 1. The van der Waals surface area contributed by atoms with Crippen LogP contribution in [0.4, 0.5) is 0 Å². The number of hydrogen-bond donors (Lipinski definition) is 0. The maximum absolute atomic E-state index is 6.28. The summed E-state index contributed by atoms with van der Waals surface area (Å²) in [6.45, 7) is 11.1. The van der Waals surface area contributed by atoms with Gasteiger partial charge >= 0.3 is 0 Å². The molecule has 0 aliphatic rings. The first-order valence-corrected chi connectivity index (χ1v) is 5.96. The minimum Gasteiger partial charge on any atom is -0.0840 e. The molecule has 0 aliphatic carbocycles. The van der Waals surface area contributed by atoms with E-state index in [-0.39, 0.29) is 0 Å². The second-order valence-corrected chi connectivity index (χ2v) is 6.15. The second kappa shape index (κ2) is 4.57. The molecule has 0 saturated carbocycles. The molecule has 0 unspecified atom stereocenters. The molecule has 0 fully saturated rings. The lowest BCUT2D eigenvalue weighted by Gasteiger charge is -2.19. The molecule has 0 heterocycles. The highest BCUT2D eigenvalue weighted by Crippen LogP contribution is 2.28. The Bertz CT molecular complexity index is 332. The van der Waals surface area contributed by atoms with Crippen molar-refractivity contribution in [2.75, 3.05) is 0 Å². The van der Waals surface area contributed by atoms with Gasteiger partial charge in [-0.1, -0.05) is 58.4 Å². The van der Waals surface area contributed by atoms with Gasteiger partial charge in [0.15, 0.2) is 0 Å². The third kappa shape index (κ3) is 3.87. The van der Waals surface area contributed by atoms with Crippen LogP contribution in [-0.2, 0) is 6.42 Å². The largest absolute Gasteiger partial charge is 0.0840 e. The van der Waals surface area contributed by atoms with Crippen molar-refractivity contribution in [3.8, 4) is 0 Å². The lowest BCUT2D eigenvalue weighted by molar-refractivity contribution is 0.411. The molecule has 0 N–H and O–H groups in total. The van der Waals surface area contributed by atoms with Crippen LogP contribution in [0.15, 0.2) is 18.2 Å². The molecule has 1 aromatic carbocycles. The molecular weight excluding hydrogens is 204 g/mol. The third-order valence-electron chi connectivity index (χ3n) is 2.46. The summed E-state index contributed by atoms with van der Waals surface area (Å²) >= 11 is 6.28. The zero-order valence-corrected chi connectivity index (χ0v) is 11.2. The quantitative estimate of drug-likeness (QED) is 0.659. The summed E-state index contributed by atoms with van der Waals surface area (Å²) in [5, 5.41) is 0.913. The number of halogens is 1. The summed E-state index contributed by atoms with van der Waals surface area (Å²) in [6, 6.07) is 6.47. The Hall–Kier alpha value is -0.490. The molecule has 1 aromatic rings. The van der Waals surface area contributed by atoms with Gasteiger partial charge in [-0.05, 0) is 34.9 Å². The van der Waals surface area contributed by atoms with Crippen LogP contribution in [-0.4, -0.2) is 0 Å². The van der Waals surface area contributed by atoms with E-state index in [1.807, 2.05) is 0 Å². The molecule has 84 valence electrons. The van der Waals surface area contributed by atoms with Gasteiger partial charge < -0.3 is 0 Å². The van der Waals surface area contributed by atoms with Gasteiger partial charge in [0.2, 0.25) is 0 Å². The maximum Gasteiger partial charge on any atom is 0.0441 e. The normalized spacial score (nSPS) is 12.2. The summed E-state index contributed by atoms with van der Waals surface area (Å²) in [4.78, 5) is 0. The van der Waals surface area contributed by atoms with Crippen molar-refractivity contribution >= 4 is 11.6 Å². The molecule has 1 heteroatoms. The van der Waals surface area contributed by atoms with Crippen molar-refractivity contribution < 1.29 is 0 Å². The molecule has 15 heavy (non-hydrogen) atoms. The van der Waals surface area contributed by atoms with Crippen LogP contribution in [0.1, 0.15) is 51.7 Å². The van der Waals surface area contributed by atoms with E-state index < -0.39 is 0 Å². The molecule has 0 saturated heterocycles. The van der Waals surface area contributed by atoms with Crippen LogP contribution in [0.25, 0.3) is 0 Å². The Morgan fingerprint density at radius 1 is 1.20 bits per heavy atom. The molecule has 0 radical (unpaired) electrons. The fourth-order valence-corrected chi connectivity index (χ4v) is 1.89. The first-order chi connectivity index (χ1) is 6.79. The van der Waals surface area contributed by atoms with Gasteiger partial charge in [0.1, 0.15) is 0 Å². The minimum absolute atomic E-state index is 0.295. The summed E-state index contributed by atoms with van der Waals surface area (Å²) in [6.07, 6.45) is 1.03. The van der Waals surface area contributed by atoms with Gasteiger partial charge in [0.05, 0.1) is 0 Å². The average molecular weight is 225 g/mol. The van der Waals surface area contributed by atoms with Gasteiger partial charge in [-0.25, -0.2) is 0 Å². The topological polar surface area (TPSA) is 0 Å². The van der Waals surface area contributed by atoms with Crippen LogP contribution in [0.3, 0.4) is 0 Å². The Kier molecular flexibility index (Phi) is 3.83. The lowest BCUT2D eigenvalue weighted by Crippen LogP contribution is -2.09. The van der Waals surface area contributed by atoms with Crippen LogP contribution in [0.2, 0.25) is 5.02 Å². The first-order valence-electron chi connectivity index (χ1n) is 5.58. The highest BCUT2D eigenvalue weighted by atomic mass is 35.5. The van der Waals surface area contributed by atoms with Gasteiger partial charge in [0, 0.05) is 5.02 Å². The summed E-state index contributed by atoms with van der Waals surface area (Å²) < 4.78 is 0. The minimum atomic E-state index is 0.295. The van der Waals surface area contributed by atoms with Gasteiger partial charge in [0.25, 0.3) is 0 Å². The van der Waals surface area contributed by atoms with Gasteiger partial charge in [-0.3, -0.25) is 0 Å². The van der Waals surface area contributed by atoms with E-state index in [9.17, 15) is 0 Å². The third-order valence-corrected chi connectivity index (χ3v) is 2.82. The summed E-state index contributed by atoms with van der Waals surface area (Å²) in [5.74, 6) is 0.547. The average Bonchev–Trinajstić information content (AvgIpc) is 2.05. The smallest absolute Gasteiger partial charge is 0.0441 e. The van der Waals surface area contributed by atoms with E-state index in [2.05, 4.69) is 52.8 Å². The molecule has 0 amide bonds. The highest BCUT2D eigenvalue weighted by Gasteiger charge is 2.14. The molecule has 0 aliphatic heterocycles. The molecule has 0 atom stereocenters. The van der Waals surface area contributed by atoms with Crippen LogP contribution < -0.4 is 0 Å².